The smallest absolute Gasteiger partial charge is 0.335 e. The predicted molar refractivity (Wildman–Crippen MR) is 121 cm³/mol. The third kappa shape index (κ3) is 5.48. The average molecular weight is 423 g/mol. The van der Waals surface area contributed by atoms with Crippen LogP contribution in [0.4, 0.5) is 0 Å². The molecule has 3 aromatic rings. The van der Waals surface area contributed by atoms with E-state index in [4.69, 9.17) is 5.11 Å². The first-order chi connectivity index (χ1) is 14.5. The first-order valence-electron chi connectivity index (χ1n) is 9.95. The van der Waals surface area contributed by atoms with E-state index < -0.39 is 5.97 Å². The van der Waals surface area contributed by atoms with E-state index in [9.17, 15) is 9.90 Å². The maximum atomic E-state index is 11.1. The van der Waals surface area contributed by atoms with Crippen LogP contribution in [0.1, 0.15) is 52.1 Å². The second-order valence-corrected chi connectivity index (χ2v) is 8.20. The van der Waals surface area contributed by atoms with E-state index in [0.717, 1.165) is 46.8 Å². The molecule has 6 heteroatoms. The van der Waals surface area contributed by atoms with Crippen LogP contribution in [0.25, 0.3) is 6.08 Å². The van der Waals surface area contributed by atoms with Crippen molar-refractivity contribution in [2.24, 2.45) is 0 Å². The van der Waals surface area contributed by atoms with Crippen molar-refractivity contribution in [3.8, 4) is 0 Å². The molecule has 2 N–H and O–H groups in total. The fraction of sp³-hybridized carbons (Fsp3) is 0.250. The van der Waals surface area contributed by atoms with Crippen molar-refractivity contribution in [2.75, 3.05) is 0 Å². The van der Waals surface area contributed by atoms with Crippen LogP contribution in [0, 0.1) is 0 Å². The third-order valence-electron chi connectivity index (χ3n) is 4.90. The van der Waals surface area contributed by atoms with E-state index in [2.05, 4.69) is 23.1 Å². The molecule has 0 saturated carbocycles. The van der Waals surface area contributed by atoms with Crippen LogP contribution in [0.5, 0.6) is 0 Å². The lowest BCUT2D eigenvalue weighted by Gasteiger charge is -2.12. The summed E-state index contributed by atoms with van der Waals surface area (Å²) < 4.78 is 2.13. The molecule has 0 atom stereocenters. The van der Waals surface area contributed by atoms with Gasteiger partial charge in [0.2, 0.25) is 0 Å². The topological polar surface area (TPSA) is 75.4 Å². The Labute approximate surface area is 180 Å². The maximum Gasteiger partial charge on any atom is 0.335 e. The molecular weight excluding hydrogens is 396 g/mol. The number of carboxylic acids is 1. The summed E-state index contributed by atoms with van der Waals surface area (Å²) in [6.07, 6.45) is 7.34. The molecule has 0 bridgehead atoms. The van der Waals surface area contributed by atoms with Crippen molar-refractivity contribution in [1.82, 2.24) is 9.55 Å². The number of aryl methyl sites for hydroxylation is 1. The highest BCUT2D eigenvalue weighted by atomic mass is 32.1. The number of hydrogen-bond acceptors (Lipinski definition) is 4. The zero-order chi connectivity index (χ0) is 21.5. The molecular formula is C24H26N2O3S. The number of benzene rings is 1. The molecule has 0 unspecified atom stereocenters. The monoisotopic (exact) mass is 422 g/mol. The number of allylic oxidation sites excluding steroid dienone is 1. The van der Waals surface area contributed by atoms with Gasteiger partial charge in [-0.1, -0.05) is 38.1 Å². The van der Waals surface area contributed by atoms with Crippen molar-refractivity contribution in [1.29, 1.82) is 0 Å². The van der Waals surface area contributed by atoms with Crippen LogP contribution < -0.4 is 0 Å². The van der Waals surface area contributed by atoms with Crippen molar-refractivity contribution in [3.05, 3.63) is 93.4 Å². The molecule has 0 aliphatic heterocycles. The second kappa shape index (κ2) is 10.1. The van der Waals surface area contributed by atoms with Crippen LogP contribution in [-0.2, 0) is 19.4 Å². The SMILES string of the molecule is C=C(O)/C(=C/c1cnc(CCCC)n1Cc1ccc(C(=O)O)cc1)Cc1cccs1. The Morgan fingerprint density at radius 2 is 2.00 bits per heavy atom. The van der Waals surface area contributed by atoms with Gasteiger partial charge in [0.15, 0.2) is 0 Å². The molecule has 3 rings (SSSR count). The number of carboxylic acid groups (broad SMARTS) is 1. The Hall–Kier alpha value is -3.12. The molecule has 2 heterocycles. The van der Waals surface area contributed by atoms with Crippen molar-refractivity contribution < 1.29 is 15.0 Å². The minimum Gasteiger partial charge on any atom is -0.508 e. The third-order valence-corrected chi connectivity index (χ3v) is 5.78. The summed E-state index contributed by atoms with van der Waals surface area (Å²) in [4.78, 5) is 16.9. The normalized spacial score (nSPS) is 11.6. The highest BCUT2D eigenvalue weighted by molar-refractivity contribution is 7.09. The van der Waals surface area contributed by atoms with Crippen LogP contribution in [0.3, 0.4) is 0 Å². The first-order valence-corrected chi connectivity index (χ1v) is 10.8. The van der Waals surface area contributed by atoms with Gasteiger partial charge in [0.1, 0.15) is 11.6 Å². The Morgan fingerprint density at radius 1 is 1.23 bits per heavy atom. The molecule has 2 aromatic heterocycles. The number of aromatic nitrogens is 2. The zero-order valence-corrected chi connectivity index (χ0v) is 17.9. The summed E-state index contributed by atoms with van der Waals surface area (Å²) >= 11 is 1.64. The zero-order valence-electron chi connectivity index (χ0n) is 17.0. The van der Waals surface area contributed by atoms with Gasteiger partial charge in [-0.3, -0.25) is 0 Å². The lowest BCUT2D eigenvalue weighted by Crippen LogP contribution is -2.08. The number of nitrogens with zero attached hydrogens (tertiary/aromatic N) is 2. The number of rotatable bonds is 10. The number of aliphatic hydroxyl groups excluding tert-OH is 1. The number of hydrogen-bond donors (Lipinski definition) is 2. The molecule has 0 aliphatic carbocycles. The van der Waals surface area contributed by atoms with E-state index in [1.54, 1.807) is 23.5 Å². The van der Waals surface area contributed by atoms with E-state index >= 15 is 0 Å². The van der Waals surface area contributed by atoms with Gasteiger partial charge in [-0.15, -0.1) is 11.3 Å². The molecule has 30 heavy (non-hydrogen) atoms. The Kier molecular flexibility index (Phi) is 7.25. The second-order valence-electron chi connectivity index (χ2n) is 7.16. The van der Waals surface area contributed by atoms with E-state index in [-0.39, 0.29) is 11.3 Å². The van der Waals surface area contributed by atoms with Crippen molar-refractivity contribution in [2.45, 2.75) is 39.2 Å². The molecule has 0 amide bonds. The summed E-state index contributed by atoms with van der Waals surface area (Å²) in [5.74, 6) is 0.0950. The van der Waals surface area contributed by atoms with Gasteiger partial charge < -0.3 is 14.8 Å². The lowest BCUT2D eigenvalue weighted by atomic mass is 10.1. The van der Waals surface area contributed by atoms with Crippen LogP contribution in [0.2, 0.25) is 0 Å². The number of carbonyl (C=O) groups is 1. The molecule has 1 aromatic carbocycles. The van der Waals surface area contributed by atoms with Gasteiger partial charge in [-0.25, -0.2) is 9.78 Å². The van der Waals surface area contributed by atoms with Gasteiger partial charge in [0.05, 0.1) is 17.5 Å². The Morgan fingerprint density at radius 3 is 2.60 bits per heavy atom. The van der Waals surface area contributed by atoms with E-state index in [0.29, 0.717) is 13.0 Å². The number of aromatic carboxylic acids is 1. The molecule has 0 radical (unpaired) electrons. The number of thiophene rings is 1. The Balaban J connectivity index is 1.94. The number of unbranched alkanes of at least 4 members (excludes halogenated alkanes) is 1. The lowest BCUT2D eigenvalue weighted by molar-refractivity contribution is 0.0697. The number of aliphatic hydroxyl groups is 1. The van der Waals surface area contributed by atoms with Crippen LogP contribution >= 0.6 is 11.3 Å². The summed E-state index contributed by atoms with van der Waals surface area (Å²) in [5.41, 5.74) is 2.91. The molecule has 0 fully saturated rings. The highest BCUT2D eigenvalue weighted by Gasteiger charge is 2.12. The minimum absolute atomic E-state index is 0.0528. The maximum absolute atomic E-state index is 11.1. The Bertz CT molecular complexity index is 1030. The molecule has 156 valence electrons. The van der Waals surface area contributed by atoms with Gasteiger partial charge in [0.25, 0.3) is 0 Å². The predicted octanol–water partition coefficient (Wildman–Crippen LogP) is 5.73. The van der Waals surface area contributed by atoms with Gasteiger partial charge in [0, 0.05) is 29.8 Å². The standard InChI is InChI=1S/C24H26N2O3S/c1-3-4-7-23-25-15-21(13-20(17(2)27)14-22-6-5-12-30-22)26(23)16-18-8-10-19(11-9-18)24(28)29/h5-6,8-13,15,27H,2-4,7,14,16H2,1H3,(H,28,29)/b20-13+. The molecule has 0 aliphatic rings. The van der Waals surface area contributed by atoms with Gasteiger partial charge in [-0.2, -0.15) is 0 Å². The molecule has 0 spiro atoms. The summed E-state index contributed by atoms with van der Waals surface area (Å²) in [5, 5.41) is 21.3. The molecule has 5 nitrogen and oxygen atoms in total. The van der Waals surface area contributed by atoms with Crippen LogP contribution in [0.15, 0.2) is 65.9 Å². The summed E-state index contributed by atoms with van der Waals surface area (Å²) in [6, 6.07) is 10.9. The highest BCUT2D eigenvalue weighted by Crippen LogP contribution is 2.22. The largest absolute Gasteiger partial charge is 0.508 e. The van der Waals surface area contributed by atoms with Crippen molar-refractivity contribution in [3.63, 3.8) is 0 Å². The van der Waals surface area contributed by atoms with E-state index in [1.807, 2.05) is 41.9 Å². The van der Waals surface area contributed by atoms with E-state index in [1.165, 1.54) is 0 Å². The fourth-order valence-electron chi connectivity index (χ4n) is 3.21. The quantitative estimate of drug-likeness (QED) is 0.323. The van der Waals surface area contributed by atoms with Crippen LogP contribution in [-0.4, -0.2) is 25.7 Å². The average Bonchev–Trinajstić information content (AvgIpc) is 3.37. The van der Waals surface area contributed by atoms with Gasteiger partial charge in [-0.05, 0) is 41.6 Å². The molecule has 0 saturated heterocycles. The fourth-order valence-corrected chi connectivity index (χ4v) is 3.94. The summed E-state index contributed by atoms with van der Waals surface area (Å²) in [7, 11) is 0. The first kappa shape index (κ1) is 21.6. The van der Waals surface area contributed by atoms with Crippen molar-refractivity contribution >= 4 is 23.4 Å². The number of imidazole rings is 1. The minimum atomic E-state index is -0.934. The summed E-state index contributed by atoms with van der Waals surface area (Å²) in [6.45, 7) is 6.46. The van der Waals surface area contributed by atoms with Gasteiger partial charge >= 0.3 is 5.97 Å².